The van der Waals surface area contributed by atoms with Crippen LogP contribution < -0.4 is 0 Å². The summed E-state index contributed by atoms with van der Waals surface area (Å²) in [6.45, 7) is 2.88. The number of aromatic hydroxyl groups is 1. The van der Waals surface area contributed by atoms with Gasteiger partial charge in [-0.3, -0.25) is 4.99 Å². The zero-order valence-electron chi connectivity index (χ0n) is 9.46. The van der Waals surface area contributed by atoms with Gasteiger partial charge in [0.2, 0.25) is 0 Å². The number of halogens is 1. The van der Waals surface area contributed by atoms with E-state index in [9.17, 15) is 9.50 Å². The molecule has 0 bridgehead atoms. The van der Waals surface area contributed by atoms with Gasteiger partial charge in [0.05, 0.1) is 0 Å². The van der Waals surface area contributed by atoms with Crippen molar-refractivity contribution < 1.29 is 9.50 Å². The first-order valence-corrected chi connectivity index (χ1v) is 5.77. The van der Waals surface area contributed by atoms with Gasteiger partial charge in [-0.15, -0.1) is 0 Å². The van der Waals surface area contributed by atoms with Crippen molar-refractivity contribution in [1.82, 2.24) is 0 Å². The van der Waals surface area contributed by atoms with E-state index in [-0.39, 0.29) is 11.6 Å². The van der Waals surface area contributed by atoms with Crippen LogP contribution in [-0.2, 0) is 6.42 Å². The summed E-state index contributed by atoms with van der Waals surface area (Å²) in [4.78, 5) is 4.44. The van der Waals surface area contributed by atoms with Crippen LogP contribution >= 0.6 is 0 Å². The Balaban J connectivity index is 2.29. The summed E-state index contributed by atoms with van der Waals surface area (Å²) < 4.78 is 13.7. The molecule has 0 unspecified atom stereocenters. The normalized spacial score (nSPS) is 16.8. The van der Waals surface area contributed by atoms with Crippen LogP contribution in [0.5, 0.6) is 5.75 Å². The largest absolute Gasteiger partial charge is 0.508 e. The Morgan fingerprint density at radius 3 is 2.94 bits per heavy atom. The minimum absolute atomic E-state index is 0.00561. The number of hydrogen-bond donors (Lipinski definition) is 1. The monoisotopic (exact) mass is 221 g/mol. The maximum Gasteiger partial charge on any atom is 0.136 e. The highest BCUT2D eigenvalue weighted by atomic mass is 19.1. The molecular formula is C13H16FNO. The lowest BCUT2D eigenvalue weighted by Gasteiger charge is -2.03. The van der Waals surface area contributed by atoms with Gasteiger partial charge in [-0.1, -0.05) is 13.3 Å². The second-order valence-electron chi connectivity index (χ2n) is 4.14. The number of unbranched alkanes of at least 4 members (excludes halogenated alkanes) is 1. The lowest BCUT2D eigenvalue weighted by Crippen LogP contribution is -2.00. The molecule has 1 N–H and O–H groups in total. The van der Waals surface area contributed by atoms with E-state index in [0.29, 0.717) is 5.56 Å². The molecule has 0 heterocycles. The lowest BCUT2D eigenvalue weighted by atomic mass is 10.1. The molecule has 0 saturated carbocycles. The number of phenolic OH excluding ortho intramolecular Hbond substituents is 1. The molecule has 0 saturated heterocycles. The number of aryl methyl sites for hydroxylation is 1. The Hall–Kier alpha value is -1.38. The summed E-state index contributed by atoms with van der Waals surface area (Å²) in [5, 5.41) is 9.30. The van der Waals surface area contributed by atoms with E-state index in [4.69, 9.17) is 0 Å². The third kappa shape index (κ3) is 2.08. The van der Waals surface area contributed by atoms with Crippen LogP contribution in [0.2, 0.25) is 0 Å². The van der Waals surface area contributed by atoms with Gasteiger partial charge < -0.3 is 5.11 Å². The first kappa shape index (κ1) is 11.1. The fraction of sp³-hybridized carbons (Fsp3) is 0.462. The maximum absolute atomic E-state index is 13.7. The van der Waals surface area contributed by atoms with Gasteiger partial charge in [-0.05, 0) is 30.9 Å². The highest BCUT2D eigenvalue weighted by Gasteiger charge is 2.22. The fourth-order valence-corrected chi connectivity index (χ4v) is 2.08. The van der Waals surface area contributed by atoms with Gasteiger partial charge in [0.25, 0.3) is 0 Å². The molecule has 1 aromatic rings. The van der Waals surface area contributed by atoms with Gasteiger partial charge in [-0.25, -0.2) is 4.39 Å². The van der Waals surface area contributed by atoms with Crippen LogP contribution in [0.15, 0.2) is 17.1 Å². The third-order valence-electron chi connectivity index (χ3n) is 2.89. The summed E-state index contributed by atoms with van der Waals surface area (Å²) in [5.74, 6) is -0.339. The Kier molecular flexibility index (Phi) is 3.22. The maximum atomic E-state index is 13.7. The van der Waals surface area contributed by atoms with E-state index < -0.39 is 0 Å². The minimum atomic E-state index is -0.345. The molecule has 0 radical (unpaired) electrons. The van der Waals surface area contributed by atoms with Gasteiger partial charge in [-0.2, -0.15) is 0 Å². The molecule has 3 heteroatoms. The van der Waals surface area contributed by atoms with Crippen molar-refractivity contribution in [2.45, 2.75) is 32.6 Å². The number of phenols is 1. The van der Waals surface area contributed by atoms with Crippen LogP contribution in [0, 0.1) is 5.82 Å². The molecule has 0 fully saturated rings. The summed E-state index contributed by atoms with van der Waals surface area (Å²) >= 11 is 0. The van der Waals surface area contributed by atoms with E-state index in [1.807, 2.05) is 0 Å². The molecule has 16 heavy (non-hydrogen) atoms. The van der Waals surface area contributed by atoms with E-state index >= 15 is 0 Å². The number of benzene rings is 1. The van der Waals surface area contributed by atoms with Gasteiger partial charge in [0.15, 0.2) is 0 Å². The van der Waals surface area contributed by atoms with Crippen LogP contribution in [0.3, 0.4) is 0 Å². The Morgan fingerprint density at radius 1 is 1.38 bits per heavy atom. The average Bonchev–Trinajstić information content (AvgIpc) is 2.62. The SMILES string of the molecule is CCCC/N=C1\CCc2cc(O)cc(F)c21. The second-order valence-corrected chi connectivity index (χ2v) is 4.14. The summed E-state index contributed by atoms with van der Waals surface area (Å²) in [6, 6.07) is 2.81. The Labute approximate surface area is 94.8 Å². The van der Waals surface area contributed by atoms with Crippen LogP contribution in [0.1, 0.15) is 37.3 Å². The molecule has 0 atom stereocenters. The van der Waals surface area contributed by atoms with Crippen LogP contribution in [0.4, 0.5) is 4.39 Å². The smallest absolute Gasteiger partial charge is 0.136 e. The number of rotatable bonds is 3. The van der Waals surface area contributed by atoms with E-state index in [2.05, 4.69) is 11.9 Å². The van der Waals surface area contributed by atoms with Gasteiger partial charge in [0.1, 0.15) is 11.6 Å². The molecule has 0 aliphatic heterocycles. The molecule has 86 valence electrons. The first-order chi connectivity index (χ1) is 7.72. The third-order valence-corrected chi connectivity index (χ3v) is 2.89. The number of hydrogen-bond acceptors (Lipinski definition) is 2. The Bertz CT molecular complexity index is 426. The van der Waals surface area contributed by atoms with Crippen molar-refractivity contribution in [1.29, 1.82) is 0 Å². The van der Waals surface area contributed by atoms with Crippen molar-refractivity contribution in [3.63, 3.8) is 0 Å². The summed E-state index contributed by atoms with van der Waals surface area (Å²) in [6.07, 6.45) is 3.71. The Morgan fingerprint density at radius 2 is 2.19 bits per heavy atom. The van der Waals surface area contributed by atoms with Crippen LogP contribution in [-0.4, -0.2) is 17.4 Å². The molecule has 0 amide bonds. The topological polar surface area (TPSA) is 32.6 Å². The predicted octanol–water partition coefficient (Wildman–Crippen LogP) is 3.07. The van der Waals surface area contributed by atoms with E-state index in [1.165, 1.54) is 6.07 Å². The second kappa shape index (κ2) is 4.64. The molecule has 1 aromatic carbocycles. The molecule has 2 nitrogen and oxygen atoms in total. The highest BCUT2D eigenvalue weighted by Crippen LogP contribution is 2.29. The first-order valence-electron chi connectivity index (χ1n) is 5.77. The van der Waals surface area contributed by atoms with Crippen molar-refractivity contribution in [3.8, 4) is 5.75 Å². The molecule has 2 rings (SSSR count). The fourth-order valence-electron chi connectivity index (χ4n) is 2.08. The van der Waals surface area contributed by atoms with E-state index in [0.717, 1.165) is 43.5 Å². The lowest BCUT2D eigenvalue weighted by molar-refractivity contribution is 0.468. The summed E-state index contributed by atoms with van der Waals surface area (Å²) in [5.41, 5.74) is 2.36. The highest BCUT2D eigenvalue weighted by molar-refractivity contribution is 6.04. The quantitative estimate of drug-likeness (QED) is 0.782. The van der Waals surface area contributed by atoms with Crippen LogP contribution in [0.25, 0.3) is 0 Å². The molecule has 0 aromatic heterocycles. The molecule has 1 aliphatic carbocycles. The van der Waals surface area contributed by atoms with Crippen molar-refractivity contribution >= 4 is 5.71 Å². The number of nitrogens with zero attached hydrogens (tertiary/aromatic N) is 1. The van der Waals surface area contributed by atoms with Gasteiger partial charge in [0, 0.05) is 23.9 Å². The average molecular weight is 221 g/mol. The molecular weight excluding hydrogens is 205 g/mol. The standard InChI is InChI=1S/C13H16FNO/c1-2-3-6-15-12-5-4-9-7-10(16)8-11(14)13(9)12/h7-8,16H,2-6H2,1H3/b15-12+. The molecule has 0 spiro atoms. The minimum Gasteiger partial charge on any atom is -0.508 e. The zero-order chi connectivity index (χ0) is 11.5. The number of fused-ring (bicyclic) bond motifs is 1. The number of aliphatic imine (C=N–C) groups is 1. The molecule has 1 aliphatic rings. The summed E-state index contributed by atoms with van der Waals surface area (Å²) in [7, 11) is 0. The van der Waals surface area contributed by atoms with E-state index in [1.54, 1.807) is 6.07 Å². The predicted molar refractivity (Wildman–Crippen MR) is 62.7 cm³/mol. The zero-order valence-corrected chi connectivity index (χ0v) is 9.46. The van der Waals surface area contributed by atoms with Crippen molar-refractivity contribution in [2.24, 2.45) is 4.99 Å². The van der Waals surface area contributed by atoms with Gasteiger partial charge >= 0.3 is 0 Å². The van der Waals surface area contributed by atoms with Crippen molar-refractivity contribution in [2.75, 3.05) is 6.54 Å². The van der Waals surface area contributed by atoms with Crippen molar-refractivity contribution in [3.05, 3.63) is 29.1 Å².